The molecule has 1 aromatic carbocycles. The first-order valence-electron chi connectivity index (χ1n) is 9.53. The number of thiocarbonyl (C=S) groups is 1. The van der Waals surface area contributed by atoms with E-state index in [-0.39, 0.29) is 5.54 Å². The molecule has 0 heterocycles. The molecule has 0 aliphatic rings. The van der Waals surface area contributed by atoms with E-state index in [4.69, 9.17) is 12.2 Å². The third-order valence-corrected chi connectivity index (χ3v) is 5.83. The van der Waals surface area contributed by atoms with Crippen molar-refractivity contribution in [1.29, 1.82) is 0 Å². The molecule has 0 aliphatic carbocycles. The normalized spacial score (nSPS) is 14.1. The zero-order valence-electron chi connectivity index (χ0n) is 16.6. The first-order valence-corrected chi connectivity index (χ1v) is 9.94. The van der Waals surface area contributed by atoms with Gasteiger partial charge in [-0.1, -0.05) is 59.7 Å². The minimum Gasteiger partial charge on any atom is -0.357 e. The zero-order chi connectivity index (χ0) is 18.3. The molecule has 136 valence electrons. The first kappa shape index (κ1) is 21.0. The van der Waals surface area contributed by atoms with Crippen molar-refractivity contribution in [3.63, 3.8) is 0 Å². The smallest absolute Gasteiger partial charge is 0.171 e. The molecule has 2 nitrogen and oxygen atoms in total. The summed E-state index contributed by atoms with van der Waals surface area (Å²) >= 11 is 5.66. The van der Waals surface area contributed by atoms with E-state index in [2.05, 4.69) is 77.3 Å². The summed E-state index contributed by atoms with van der Waals surface area (Å²) in [4.78, 5) is 0. The van der Waals surface area contributed by atoms with Crippen LogP contribution in [0.3, 0.4) is 0 Å². The molecule has 0 spiro atoms. The summed E-state index contributed by atoms with van der Waals surface area (Å²) in [5, 5.41) is 7.82. The summed E-state index contributed by atoms with van der Waals surface area (Å²) < 4.78 is 0. The highest BCUT2D eigenvalue weighted by molar-refractivity contribution is 7.80. The molecule has 2 unspecified atom stereocenters. The van der Waals surface area contributed by atoms with Crippen molar-refractivity contribution >= 4 is 23.0 Å². The number of hydrogen-bond donors (Lipinski definition) is 2. The third-order valence-electron chi connectivity index (χ3n) is 5.63. The highest BCUT2D eigenvalue weighted by atomic mass is 32.1. The maximum Gasteiger partial charge on any atom is 0.171 e. The van der Waals surface area contributed by atoms with Gasteiger partial charge in [-0.15, -0.1) is 0 Å². The van der Waals surface area contributed by atoms with Crippen LogP contribution >= 0.6 is 12.2 Å². The number of hydrogen-bond acceptors (Lipinski definition) is 1. The summed E-state index contributed by atoms with van der Waals surface area (Å²) in [6.45, 7) is 15.7. The lowest BCUT2D eigenvalue weighted by atomic mass is 9.89. The fraction of sp³-hybridized carbons (Fsp3) is 0.667. The molecule has 0 fully saturated rings. The van der Waals surface area contributed by atoms with Crippen LogP contribution in [0.4, 0.5) is 5.69 Å². The van der Waals surface area contributed by atoms with Crippen molar-refractivity contribution in [2.24, 2.45) is 0 Å². The Hall–Kier alpha value is -1.09. The van der Waals surface area contributed by atoms with Crippen LogP contribution in [0.2, 0.25) is 0 Å². The Morgan fingerprint density at radius 3 is 1.83 bits per heavy atom. The summed E-state index contributed by atoms with van der Waals surface area (Å²) in [5.74, 6) is 1.03. The Balaban J connectivity index is 3.17. The summed E-state index contributed by atoms with van der Waals surface area (Å²) in [6.07, 6.45) is 4.36. The molecule has 1 aromatic rings. The molecule has 3 heteroatoms. The standard InChI is InChI=1S/C21H36N2S/c1-8-15(5)17-13-12-14-18(16(6)9-2)19(17)22-20(24)23-21(7,10-3)11-4/h12-16H,8-11H2,1-7H3,(H2,22,23,24). The monoisotopic (exact) mass is 348 g/mol. The second kappa shape index (κ2) is 9.41. The largest absolute Gasteiger partial charge is 0.357 e. The highest BCUT2D eigenvalue weighted by Crippen LogP contribution is 2.35. The average molecular weight is 349 g/mol. The van der Waals surface area contributed by atoms with Crippen molar-refractivity contribution < 1.29 is 0 Å². The van der Waals surface area contributed by atoms with E-state index in [1.165, 1.54) is 16.8 Å². The van der Waals surface area contributed by atoms with E-state index in [1.807, 2.05) is 0 Å². The van der Waals surface area contributed by atoms with E-state index in [1.54, 1.807) is 0 Å². The van der Waals surface area contributed by atoms with Gasteiger partial charge in [-0.2, -0.15) is 0 Å². The van der Waals surface area contributed by atoms with Gasteiger partial charge in [0.25, 0.3) is 0 Å². The molecule has 1 rings (SSSR count). The maximum absolute atomic E-state index is 5.66. The minimum atomic E-state index is 0.0476. The number of nitrogens with one attached hydrogen (secondary N) is 2. The lowest BCUT2D eigenvalue weighted by Gasteiger charge is -2.31. The zero-order valence-corrected chi connectivity index (χ0v) is 17.4. The van der Waals surface area contributed by atoms with Gasteiger partial charge in [-0.05, 0) is 67.8 Å². The molecule has 0 radical (unpaired) electrons. The Bertz CT molecular complexity index is 506. The van der Waals surface area contributed by atoms with Gasteiger partial charge in [-0.3, -0.25) is 0 Å². The van der Waals surface area contributed by atoms with Crippen LogP contribution in [0.1, 0.15) is 97.1 Å². The second-order valence-electron chi connectivity index (χ2n) is 7.28. The van der Waals surface area contributed by atoms with Crippen LogP contribution in [0.5, 0.6) is 0 Å². The Morgan fingerprint density at radius 2 is 1.46 bits per heavy atom. The Labute approximate surface area is 154 Å². The molecule has 0 aliphatic heterocycles. The van der Waals surface area contributed by atoms with Crippen molar-refractivity contribution in [3.05, 3.63) is 29.3 Å². The van der Waals surface area contributed by atoms with Crippen molar-refractivity contribution in [2.45, 2.75) is 91.5 Å². The molecule has 2 N–H and O–H groups in total. The van der Waals surface area contributed by atoms with Crippen LogP contribution in [0.15, 0.2) is 18.2 Å². The fourth-order valence-corrected chi connectivity index (χ4v) is 3.19. The molecule has 0 bridgehead atoms. The van der Waals surface area contributed by atoms with Gasteiger partial charge in [-0.25, -0.2) is 0 Å². The SMILES string of the molecule is CCC(C)c1cccc(C(C)CC)c1NC(=S)NC(C)(CC)CC. The molecular weight excluding hydrogens is 312 g/mol. The van der Waals surface area contributed by atoms with Gasteiger partial charge in [0.2, 0.25) is 0 Å². The maximum atomic E-state index is 5.66. The summed E-state index contributed by atoms with van der Waals surface area (Å²) in [6, 6.07) is 6.67. The van der Waals surface area contributed by atoms with Gasteiger partial charge in [0.1, 0.15) is 0 Å². The molecule has 0 saturated heterocycles. The van der Waals surface area contributed by atoms with E-state index in [0.717, 1.165) is 30.8 Å². The predicted molar refractivity (Wildman–Crippen MR) is 112 cm³/mol. The molecular formula is C21H36N2S. The highest BCUT2D eigenvalue weighted by Gasteiger charge is 2.22. The average Bonchev–Trinajstić information content (AvgIpc) is 2.60. The Kier molecular flexibility index (Phi) is 8.21. The second-order valence-corrected chi connectivity index (χ2v) is 7.69. The van der Waals surface area contributed by atoms with Crippen LogP contribution in [-0.4, -0.2) is 10.7 Å². The number of anilines is 1. The van der Waals surface area contributed by atoms with Crippen LogP contribution in [-0.2, 0) is 0 Å². The molecule has 0 saturated carbocycles. The van der Waals surface area contributed by atoms with Crippen molar-refractivity contribution in [1.82, 2.24) is 5.32 Å². The predicted octanol–water partition coefficient (Wildman–Crippen LogP) is 6.58. The number of rotatable bonds is 8. The molecule has 0 aromatic heterocycles. The number of benzene rings is 1. The molecule has 24 heavy (non-hydrogen) atoms. The minimum absolute atomic E-state index is 0.0476. The van der Waals surface area contributed by atoms with Crippen molar-refractivity contribution in [2.75, 3.05) is 5.32 Å². The van der Waals surface area contributed by atoms with Gasteiger partial charge >= 0.3 is 0 Å². The summed E-state index contributed by atoms with van der Waals surface area (Å²) in [7, 11) is 0. The lowest BCUT2D eigenvalue weighted by molar-refractivity contribution is 0.391. The number of para-hydroxylation sites is 1. The van der Waals surface area contributed by atoms with Gasteiger partial charge in [0.15, 0.2) is 5.11 Å². The lowest BCUT2D eigenvalue weighted by Crippen LogP contribution is -2.47. The molecule has 0 amide bonds. The van der Waals surface area contributed by atoms with E-state index in [0.29, 0.717) is 11.8 Å². The van der Waals surface area contributed by atoms with Gasteiger partial charge in [0.05, 0.1) is 0 Å². The first-order chi connectivity index (χ1) is 11.3. The molecule has 2 atom stereocenters. The Morgan fingerprint density at radius 1 is 1.00 bits per heavy atom. The van der Waals surface area contributed by atoms with Crippen molar-refractivity contribution in [3.8, 4) is 0 Å². The summed E-state index contributed by atoms with van der Waals surface area (Å²) in [5.41, 5.74) is 4.00. The van der Waals surface area contributed by atoms with Crippen LogP contribution < -0.4 is 10.6 Å². The van der Waals surface area contributed by atoms with E-state index < -0.39 is 0 Å². The van der Waals surface area contributed by atoms with Gasteiger partial charge in [0, 0.05) is 11.2 Å². The van der Waals surface area contributed by atoms with Gasteiger partial charge < -0.3 is 10.6 Å². The fourth-order valence-electron chi connectivity index (χ4n) is 2.84. The van der Waals surface area contributed by atoms with E-state index in [9.17, 15) is 0 Å². The quantitative estimate of drug-likeness (QED) is 0.519. The third kappa shape index (κ3) is 5.20. The van der Waals surface area contributed by atoms with Crippen LogP contribution in [0, 0.1) is 0 Å². The topological polar surface area (TPSA) is 24.1 Å². The van der Waals surface area contributed by atoms with E-state index >= 15 is 0 Å². The van der Waals surface area contributed by atoms with Crippen LogP contribution in [0.25, 0.3) is 0 Å².